The third-order valence-electron chi connectivity index (χ3n) is 4.84. The molecule has 3 aromatic heterocycles. The van der Waals surface area contributed by atoms with Crippen molar-refractivity contribution < 1.29 is 13.6 Å². The minimum absolute atomic E-state index is 0.119. The average Bonchev–Trinajstić information content (AvgIpc) is 3.35. The summed E-state index contributed by atoms with van der Waals surface area (Å²) in [5.41, 5.74) is 1.40. The Morgan fingerprint density at radius 2 is 2.07 bits per heavy atom. The molecular weight excluding hydrogens is 375 g/mol. The van der Waals surface area contributed by atoms with Gasteiger partial charge >= 0.3 is 0 Å². The smallest absolute Gasteiger partial charge is 0.276 e. The summed E-state index contributed by atoms with van der Waals surface area (Å²) in [6.07, 6.45) is 3.12. The lowest BCUT2D eigenvalue weighted by molar-refractivity contribution is 0.0777. The molecule has 1 N–H and O–H groups in total. The van der Waals surface area contributed by atoms with Crippen molar-refractivity contribution in [2.75, 3.05) is 7.05 Å². The van der Waals surface area contributed by atoms with Crippen LogP contribution in [-0.4, -0.2) is 32.5 Å². The summed E-state index contributed by atoms with van der Waals surface area (Å²) < 4.78 is 20.5. The van der Waals surface area contributed by atoms with Gasteiger partial charge in [0.2, 0.25) is 0 Å². The average molecular weight is 394 g/mol. The molecule has 0 aliphatic rings. The second-order valence-electron chi connectivity index (χ2n) is 6.84. The van der Waals surface area contributed by atoms with Gasteiger partial charge in [-0.15, -0.1) is 0 Å². The van der Waals surface area contributed by atoms with Crippen molar-refractivity contribution in [1.82, 2.24) is 19.5 Å². The second kappa shape index (κ2) is 7.38. The van der Waals surface area contributed by atoms with E-state index in [0.717, 1.165) is 0 Å². The molecule has 29 heavy (non-hydrogen) atoms. The van der Waals surface area contributed by atoms with Crippen molar-refractivity contribution in [2.24, 2.45) is 0 Å². The van der Waals surface area contributed by atoms with Crippen molar-refractivity contribution in [1.29, 1.82) is 0 Å². The van der Waals surface area contributed by atoms with E-state index >= 15 is 0 Å². The monoisotopic (exact) mass is 394 g/mol. The molecule has 7 nitrogen and oxygen atoms in total. The van der Waals surface area contributed by atoms with Gasteiger partial charge in [0, 0.05) is 30.9 Å². The number of hydrogen-bond acceptors (Lipinski definition) is 4. The van der Waals surface area contributed by atoms with Crippen LogP contribution in [0, 0.1) is 12.7 Å². The Balaban J connectivity index is 1.69. The first kappa shape index (κ1) is 18.7. The van der Waals surface area contributed by atoms with Crippen molar-refractivity contribution >= 4 is 11.6 Å². The van der Waals surface area contributed by atoms with Crippen LogP contribution >= 0.6 is 0 Å². The number of fused-ring (bicyclic) bond motifs is 1. The molecule has 1 aromatic carbocycles. The van der Waals surface area contributed by atoms with Crippen LogP contribution in [-0.2, 0) is 13.0 Å². The third-order valence-corrected chi connectivity index (χ3v) is 4.84. The Labute approximate surface area is 165 Å². The molecule has 0 saturated heterocycles. The number of carbonyl (C=O) groups is 1. The number of furan rings is 1. The molecule has 0 radical (unpaired) electrons. The fraction of sp³-hybridized carbons (Fsp3) is 0.190. The summed E-state index contributed by atoms with van der Waals surface area (Å²) in [4.78, 5) is 31.7. The number of nitrogens with one attached hydrogen (secondary N) is 1. The van der Waals surface area contributed by atoms with Crippen LogP contribution in [0.15, 0.2) is 58.1 Å². The van der Waals surface area contributed by atoms with E-state index in [1.54, 1.807) is 50.6 Å². The first-order valence-corrected chi connectivity index (χ1v) is 9.06. The van der Waals surface area contributed by atoms with Crippen molar-refractivity contribution in [3.8, 4) is 0 Å². The van der Waals surface area contributed by atoms with Gasteiger partial charge in [-0.1, -0.05) is 18.2 Å². The molecule has 0 aliphatic carbocycles. The fourth-order valence-electron chi connectivity index (χ4n) is 3.26. The number of nitrogens with zero attached hydrogens (tertiary/aromatic N) is 3. The molecule has 0 aliphatic heterocycles. The topological polar surface area (TPSA) is 83.6 Å². The number of carbonyl (C=O) groups excluding carboxylic acids is 1. The minimum Gasteiger partial charge on any atom is -0.467 e. The van der Waals surface area contributed by atoms with E-state index in [2.05, 4.69) is 10.1 Å². The van der Waals surface area contributed by atoms with Crippen LogP contribution in [0.25, 0.3) is 5.65 Å². The van der Waals surface area contributed by atoms with Gasteiger partial charge in [0.05, 0.1) is 12.8 Å². The van der Waals surface area contributed by atoms with Gasteiger partial charge in [-0.05, 0) is 30.7 Å². The van der Waals surface area contributed by atoms with Crippen molar-refractivity contribution in [2.45, 2.75) is 19.9 Å². The maximum absolute atomic E-state index is 14.0. The van der Waals surface area contributed by atoms with Crippen LogP contribution in [0.4, 0.5) is 4.39 Å². The zero-order valence-electron chi connectivity index (χ0n) is 16.0. The van der Waals surface area contributed by atoms with Crippen LogP contribution in [0.1, 0.15) is 32.9 Å². The lowest BCUT2D eigenvalue weighted by Gasteiger charge is -2.15. The van der Waals surface area contributed by atoms with Crippen LogP contribution in [0.2, 0.25) is 0 Å². The molecule has 0 atom stereocenters. The summed E-state index contributed by atoms with van der Waals surface area (Å²) in [6, 6.07) is 9.84. The van der Waals surface area contributed by atoms with Gasteiger partial charge in [0.1, 0.15) is 17.1 Å². The number of aromatic nitrogens is 3. The summed E-state index contributed by atoms with van der Waals surface area (Å²) in [5.74, 6) is -0.0271. The predicted molar refractivity (Wildman–Crippen MR) is 104 cm³/mol. The minimum atomic E-state index is -0.377. The number of aromatic amines is 1. The molecule has 0 fully saturated rings. The highest BCUT2D eigenvalue weighted by molar-refractivity contribution is 5.99. The number of hydrogen-bond donors (Lipinski definition) is 1. The Kier molecular flexibility index (Phi) is 4.75. The second-order valence-corrected chi connectivity index (χ2v) is 6.84. The van der Waals surface area contributed by atoms with Gasteiger partial charge < -0.3 is 9.32 Å². The van der Waals surface area contributed by atoms with Gasteiger partial charge in [-0.3, -0.25) is 14.7 Å². The maximum Gasteiger partial charge on any atom is 0.276 e. The Morgan fingerprint density at radius 3 is 2.79 bits per heavy atom. The van der Waals surface area contributed by atoms with E-state index in [-0.39, 0.29) is 41.5 Å². The Morgan fingerprint density at radius 1 is 1.28 bits per heavy atom. The summed E-state index contributed by atoms with van der Waals surface area (Å²) >= 11 is 0. The van der Waals surface area contributed by atoms with Crippen LogP contribution in [0.5, 0.6) is 0 Å². The fourth-order valence-corrected chi connectivity index (χ4v) is 3.26. The normalized spacial score (nSPS) is 11.1. The van der Waals surface area contributed by atoms with Gasteiger partial charge in [0.15, 0.2) is 5.65 Å². The molecule has 0 saturated carbocycles. The van der Waals surface area contributed by atoms with E-state index in [9.17, 15) is 14.0 Å². The first-order chi connectivity index (χ1) is 14.0. The van der Waals surface area contributed by atoms with Gasteiger partial charge in [-0.25, -0.2) is 13.9 Å². The summed E-state index contributed by atoms with van der Waals surface area (Å²) in [7, 11) is 1.64. The molecule has 0 bridgehead atoms. The Hall–Kier alpha value is -3.68. The molecule has 4 rings (SSSR count). The zero-order chi connectivity index (χ0) is 20.5. The molecule has 4 aromatic rings. The molecule has 3 heterocycles. The molecule has 0 spiro atoms. The highest BCUT2D eigenvalue weighted by atomic mass is 19.1. The van der Waals surface area contributed by atoms with Gasteiger partial charge in [0.25, 0.3) is 11.5 Å². The molecule has 148 valence electrons. The molecule has 0 unspecified atom stereocenters. The standard InChI is InChI=1S/C21H19FN4O3/c1-13-16(10-14-6-3-4-8-18(14)22)21(28)26-19(24-13)17(11-23-26)20(27)25(2)12-15-7-5-9-29-15/h3-9,11,23H,10,12H2,1-2H3. The van der Waals surface area contributed by atoms with Crippen LogP contribution < -0.4 is 5.56 Å². The van der Waals surface area contributed by atoms with Crippen molar-refractivity contribution in [3.63, 3.8) is 0 Å². The quantitative estimate of drug-likeness (QED) is 0.564. The third kappa shape index (κ3) is 3.44. The van der Waals surface area contributed by atoms with E-state index in [4.69, 9.17) is 4.42 Å². The van der Waals surface area contributed by atoms with Gasteiger partial charge in [-0.2, -0.15) is 0 Å². The van der Waals surface area contributed by atoms with Crippen LogP contribution in [0.3, 0.4) is 0 Å². The largest absolute Gasteiger partial charge is 0.467 e. The molecule has 1 amide bonds. The maximum atomic E-state index is 14.0. The lowest BCUT2D eigenvalue weighted by atomic mass is 10.0. The number of amides is 1. The summed E-state index contributed by atoms with van der Waals surface area (Å²) in [5, 5.41) is 2.80. The molecular formula is C21H19FN4O3. The number of H-pyrrole nitrogens is 1. The highest BCUT2D eigenvalue weighted by Crippen LogP contribution is 2.16. The number of halogens is 1. The van der Waals surface area contributed by atoms with E-state index in [1.807, 2.05) is 0 Å². The number of benzene rings is 1. The molecule has 8 heteroatoms. The first-order valence-electron chi connectivity index (χ1n) is 9.06. The number of rotatable bonds is 5. The highest BCUT2D eigenvalue weighted by Gasteiger charge is 2.21. The number of aryl methyl sites for hydroxylation is 1. The Bertz CT molecular complexity index is 1240. The summed E-state index contributed by atoms with van der Waals surface area (Å²) in [6.45, 7) is 1.98. The van der Waals surface area contributed by atoms with E-state index in [1.165, 1.54) is 21.7 Å². The van der Waals surface area contributed by atoms with Crippen molar-refractivity contribution in [3.05, 3.63) is 93.2 Å². The predicted octanol–water partition coefficient (Wildman–Crippen LogP) is 2.93. The van der Waals surface area contributed by atoms with E-state index < -0.39 is 0 Å². The van der Waals surface area contributed by atoms with E-state index in [0.29, 0.717) is 22.6 Å². The lowest BCUT2D eigenvalue weighted by Crippen LogP contribution is -2.27. The zero-order valence-corrected chi connectivity index (χ0v) is 16.0. The SMILES string of the molecule is Cc1nc2c(C(=O)N(C)Cc3ccco3)c[nH]n2c(=O)c1Cc1ccccc1F.